The number of esters is 1. The summed E-state index contributed by atoms with van der Waals surface area (Å²) in [7, 11) is 0. The summed E-state index contributed by atoms with van der Waals surface area (Å²) >= 11 is 0. The number of aromatic nitrogens is 3. The lowest BCUT2D eigenvalue weighted by Gasteiger charge is -2.28. The summed E-state index contributed by atoms with van der Waals surface area (Å²) < 4.78 is 21.0. The molecule has 0 amide bonds. The average Bonchev–Trinajstić information content (AvgIpc) is 3.27. The first-order valence-electron chi connectivity index (χ1n) is 10.6. The molecule has 0 aliphatic carbocycles. The SMILES string of the molecule is CC1=C(C(=O)OCc2ccccc2)C(c2ccc(F)cc2)n2nc(-c3ccccc3)nc2N1. The third kappa shape index (κ3) is 4.13. The Balaban J connectivity index is 1.54. The summed E-state index contributed by atoms with van der Waals surface area (Å²) in [4.78, 5) is 17.9. The van der Waals surface area contributed by atoms with Crippen molar-refractivity contribution in [1.29, 1.82) is 0 Å². The summed E-state index contributed by atoms with van der Waals surface area (Å²) in [5.41, 5.74) is 3.45. The fraction of sp³-hybridized carbons (Fsp3) is 0.115. The van der Waals surface area contributed by atoms with Crippen LogP contribution in [-0.2, 0) is 16.1 Å². The van der Waals surface area contributed by atoms with Gasteiger partial charge in [-0.3, -0.25) is 0 Å². The highest BCUT2D eigenvalue weighted by molar-refractivity contribution is 5.92. The van der Waals surface area contributed by atoms with Gasteiger partial charge in [0.05, 0.1) is 5.57 Å². The normalized spacial score (nSPS) is 15.0. The minimum atomic E-state index is -0.616. The quantitative estimate of drug-likeness (QED) is 0.437. The van der Waals surface area contributed by atoms with Crippen molar-refractivity contribution in [3.05, 3.63) is 113 Å². The summed E-state index contributed by atoms with van der Waals surface area (Å²) in [6.07, 6.45) is 0. The van der Waals surface area contributed by atoms with Gasteiger partial charge in [0.25, 0.3) is 0 Å². The summed E-state index contributed by atoms with van der Waals surface area (Å²) in [5.74, 6) is 0.197. The van der Waals surface area contributed by atoms with Gasteiger partial charge in [0, 0.05) is 11.3 Å². The summed E-state index contributed by atoms with van der Waals surface area (Å²) in [5, 5.41) is 7.88. The Bertz CT molecular complexity index is 1320. The zero-order valence-electron chi connectivity index (χ0n) is 17.9. The minimum Gasteiger partial charge on any atom is -0.457 e. The number of halogens is 1. The Kier molecular flexibility index (Phi) is 5.44. The Morgan fingerprint density at radius 2 is 1.67 bits per heavy atom. The van der Waals surface area contributed by atoms with Crippen molar-refractivity contribution in [2.24, 2.45) is 0 Å². The predicted molar refractivity (Wildman–Crippen MR) is 123 cm³/mol. The topological polar surface area (TPSA) is 69.0 Å². The van der Waals surface area contributed by atoms with Crippen LogP contribution in [0, 0.1) is 5.82 Å². The van der Waals surface area contributed by atoms with Crippen LogP contribution in [0.2, 0.25) is 0 Å². The van der Waals surface area contributed by atoms with Crippen LogP contribution in [-0.4, -0.2) is 20.7 Å². The first kappa shape index (κ1) is 20.6. The molecule has 1 aromatic heterocycles. The lowest BCUT2D eigenvalue weighted by molar-refractivity contribution is -0.140. The molecule has 2 heterocycles. The zero-order chi connectivity index (χ0) is 22.8. The van der Waals surface area contributed by atoms with Gasteiger partial charge in [-0.1, -0.05) is 72.8 Å². The van der Waals surface area contributed by atoms with E-state index in [0.29, 0.717) is 28.6 Å². The van der Waals surface area contributed by atoms with E-state index >= 15 is 0 Å². The Hall–Kier alpha value is -4.26. The van der Waals surface area contributed by atoms with Gasteiger partial charge >= 0.3 is 5.97 Å². The number of hydrogen-bond donors (Lipinski definition) is 1. The lowest BCUT2D eigenvalue weighted by Crippen LogP contribution is -2.29. The molecule has 0 radical (unpaired) electrons. The molecule has 0 saturated carbocycles. The van der Waals surface area contributed by atoms with Crippen LogP contribution in [0.4, 0.5) is 10.3 Å². The van der Waals surface area contributed by atoms with Crippen molar-refractivity contribution in [1.82, 2.24) is 14.8 Å². The molecular weight excluding hydrogens is 419 g/mol. The average molecular weight is 440 g/mol. The number of carbonyl (C=O) groups is 1. The molecule has 1 N–H and O–H groups in total. The molecule has 0 fully saturated rings. The van der Waals surface area contributed by atoms with E-state index in [1.54, 1.807) is 23.7 Å². The van der Waals surface area contributed by atoms with Crippen molar-refractivity contribution < 1.29 is 13.9 Å². The number of benzene rings is 3. The zero-order valence-corrected chi connectivity index (χ0v) is 17.9. The van der Waals surface area contributed by atoms with E-state index < -0.39 is 12.0 Å². The molecule has 5 rings (SSSR count). The van der Waals surface area contributed by atoms with Crippen LogP contribution in [0.3, 0.4) is 0 Å². The molecule has 0 saturated heterocycles. The molecule has 33 heavy (non-hydrogen) atoms. The van der Waals surface area contributed by atoms with Crippen LogP contribution in [0.1, 0.15) is 24.1 Å². The fourth-order valence-electron chi connectivity index (χ4n) is 3.88. The number of ether oxygens (including phenoxy) is 1. The van der Waals surface area contributed by atoms with Gasteiger partial charge in [0.2, 0.25) is 5.95 Å². The maximum atomic E-state index is 13.7. The monoisotopic (exact) mass is 440 g/mol. The number of anilines is 1. The van der Waals surface area contributed by atoms with Crippen LogP contribution in [0.15, 0.2) is 96.2 Å². The minimum absolute atomic E-state index is 0.145. The Labute approximate surface area is 190 Å². The van der Waals surface area contributed by atoms with Gasteiger partial charge in [-0.2, -0.15) is 4.98 Å². The van der Waals surface area contributed by atoms with Crippen molar-refractivity contribution in [3.63, 3.8) is 0 Å². The van der Waals surface area contributed by atoms with Crippen LogP contribution in [0.25, 0.3) is 11.4 Å². The van der Waals surface area contributed by atoms with E-state index in [2.05, 4.69) is 10.3 Å². The van der Waals surface area contributed by atoms with Crippen LogP contribution >= 0.6 is 0 Å². The van der Waals surface area contributed by atoms with E-state index in [4.69, 9.17) is 9.84 Å². The number of nitrogens with one attached hydrogen (secondary N) is 1. The van der Waals surface area contributed by atoms with Gasteiger partial charge in [0.1, 0.15) is 18.5 Å². The Morgan fingerprint density at radius 1 is 1.00 bits per heavy atom. The van der Waals surface area contributed by atoms with E-state index in [1.165, 1.54) is 12.1 Å². The summed E-state index contributed by atoms with van der Waals surface area (Å²) in [6, 6.07) is 24.5. The standard InChI is InChI=1S/C26H21FN4O2/c1-17-22(25(32)33-16-18-8-4-2-5-9-18)23(19-12-14-21(27)15-13-19)31-26(28-17)29-24(30-31)20-10-6-3-7-11-20/h2-15,23H,16H2,1H3,(H,28,29,30). The number of nitrogens with zero attached hydrogens (tertiary/aromatic N) is 3. The van der Waals surface area contributed by atoms with Crippen LogP contribution in [0.5, 0.6) is 0 Å². The van der Waals surface area contributed by atoms with E-state index in [-0.39, 0.29) is 12.4 Å². The van der Waals surface area contributed by atoms with Gasteiger partial charge < -0.3 is 10.1 Å². The van der Waals surface area contributed by atoms with Crippen molar-refractivity contribution >= 4 is 11.9 Å². The number of rotatable bonds is 5. The molecule has 164 valence electrons. The molecule has 1 aliphatic rings. The van der Waals surface area contributed by atoms with Crippen LogP contribution < -0.4 is 5.32 Å². The molecule has 1 atom stereocenters. The second kappa shape index (κ2) is 8.70. The maximum absolute atomic E-state index is 13.7. The first-order chi connectivity index (χ1) is 16.1. The lowest BCUT2D eigenvalue weighted by atomic mass is 9.96. The second-order valence-corrected chi connectivity index (χ2v) is 7.75. The van der Waals surface area contributed by atoms with E-state index in [1.807, 2.05) is 60.7 Å². The number of allylic oxidation sites excluding steroid dienone is 1. The van der Waals surface area contributed by atoms with Crippen molar-refractivity contribution in [2.45, 2.75) is 19.6 Å². The van der Waals surface area contributed by atoms with E-state index in [9.17, 15) is 9.18 Å². The van der Waals surface area contributed by atoms with Gasteiger partial charge in [-0.25, -0.2) is 13.9 Å². The molecule has 7 heteroatoms. The number of fused-ring (bicyclic) bond motifs is 1. The third-order valence-electron chi connectivity index (χ3n) is 5.50. The first-order valence-corrected chi connectivity index (χ1v) is 10.6. The van der Waals surface area contributed by atoms with E-state index in [0.717, 1.165) is 11.1 Å². The highest BCUT2D eigenvalue weighted by Crippen LogP contribution is 2.37. The molecule has 0 spiro atoms. The van der Waals surface area contributed by atoms with Crippen molar-refractivity contribution in [3.8, 4) is 11.4 Å². The largest absolute Gasteiger partial charge is 0.457 e. The maximum Gasteiger partial charge on any atom is 0.338 e. The van der Waals surface area contributed by atoms with Gasteiger partial charge in [0.15, 0.2) is 5.82 Å². The fourth-order valence-corrected chi connectivity index (χ4v) is 3.88. The highest BCUT2D eigenvalue weighted by Gasteiger charge is 2.35. The smallest absolute Gasteiger partial charge is 0.338 e. The molecule has 6 nitrogen and oxygen atoms in total. The third-order valence-corrected chi connectivity index (χ3v) is 5.50. The Morgan fingerprint density at radius 3 is 2.36 bits per heavy atom. The van der Waals surface area contributed by atoms with Crippen molar-refractivity contribution in [2.75, 3.05) is 5.32 Å². The van der Waals surface area contributed by atoms with Gasteiger partial charge in [-0.15, -0.1) is 5.10 Å². The summed E-state index contributed by atoms with van der Waals surface area (Å²) in [6.45, 7) is 1.95. The number of carbonyl (C=O) groups excluding carboxylic acids is 1. The molecular formula is C26H21FN4O2. The molecule has 0 bridgehead atoms. The number of hydrogen-bond acceptors (Lipinski definition) is 5. The molecule has 1 aliphatic heterocycles. The molecule has 1 unspecified atom stereocenters. The van der Waals surface area contributed by atoms with Gasteiger partial charge in [-0.05, 0) is 30.2 Å². The molecule has 4 aromatic rings. The molecule has 3 aromatic carbocycles. The second-order valence-electron chi connectivity index (χ2n) is 7.75. The predicted octanol–water partition coefficient (Wildman–Crippen LogP) is 5.12. The highest BCUT2D eigenvalue weighted by atomic mass is 19.1.